The lowest BCUT2D eigenvalue weighted by Crippen LogP contribution is -2.50. The van der Waals surface area contributed by atoms with E-state index in [0.717, 1.165) is 5.56 Å². The summed E-state index contributed by atoms with van der Waals surface area (Å²) in [7, 11) is 3.34. The van der Waals surface area contributed by atoms with E-state index in [9.17, 15) is 15.0 Å². The molecule has 2 heterocycles. The summed E-state index contributed by atoms with van der Waals surface area (Å²) < 4.78 is 6.93. The van der Waals surface area contributed by atoms with Crippen molar-refractivity contribution in [2.24, 2.45) is 7.05 Å². The second-order valence-electron chi connectivity index (χ2n) is 6.62. The Kier molecular flexibility index (Phi) is 6.12. The van der Waals surface area contributed by atoms with E-state index in [0.29, 0.717) is 28.8 Å². The maximum atomic E-state index is 12.9. The molecule has 2 amide bonds. The Labute approximate surface area is 175 Å². The van der Waals surface area contributed by atoms with Gasteiger partial charge in [0.25, 0.3) is 0 Å². The first kappa shape index (κ1) is 21.0. The average molecular weight is 406 g/mol. The fourth-order valence-electron chi connectivity index (χ4n) is 3.10. The predicted molar refractivity (Wildman–Crippen MR) is 113 cm³/mol. The van der Waals surface area contributed by atoms with Crippen molar-refractivity contribution in [2.45, 2.75) is 6.10 Å². The summed E-state index contributed by atoms with van der Waals surface area (Å²) in [6.07, 6.45) is 4.28. The number of methoxy groups -OCH3 is 1. The average Bonchev–Trinajstić information content (AvgIpc) is 3.08. The Hall–Kier alpha value is -3.72. The SMILES string of the molecule is C#CCN1C(=C)c2c(nc(C#Cc3cccc(OC)c3)n2C)N(CC(O)CO)C1=O. The molecule has 1 aromatic heterocycles. The lowest BCUT2D eigenvalue weighted by Gasteiger charge is -2.35. The van der Waals surface area contributed by atoms with Gasteiger partial charge in [-0.1, -0.05) is 24.5 Å². The number of benzene rings is 1. The Morgan fingerprint density at radius 3 is 2.77 bits per heavy atom. The van der Waals surface area contributed by atoms with Crippen LogP contribution in [0.1, 0.15) is 17.1 Å². The van der Waals surface area contributed by atoms with Crippen LogP contribution in [-0.2, 0) is 7.05 Å². The quantitative estimate of drug-likeness (QED) is 0.724. The molecule has 0 saturated carbocycles. The molecule has 0 spiro atoms. The molecule has 2 N–H and O–H groups in total. The predicted octanol–water partition coefficient (Wildman–Crippen LogP) is 1.03. The lowest BCUT2D eigenvalue weighted by atomic mass is 10.2. The van der Waals surface area contributed by atoms with E-state index in [2.05, 4.69) is 29.3 Å². The highest BCUT2D eigenvalue weighted by Crippen LogP contribution is 2.34. The second-order valence-corrected chi connectivity index (χ2v) is 6.62. The minimum atomic E-state index is -1.13. The number of β-amino-alcohol motifs (C(OH)–C–C–N with tert-alkyl or cyclic N) is 1. The van der Waals surface area contributed by atoms with Crippen LogP contribution in [0.5, 0.6) is 5.75 Å². The van der Waals surface area contributed by atoms with Crippen molar-refractivity contribution in [1.82, 2.24) is 14.5 Å². The van der Waals surface area contributed by atoms with Crippen LogP contribution >= 0.6 is 0 Å². The number of carbonyl (C=O) groups is 1. The van der Waals surface area contributed by atoms with Gasteiger partial charge in [0.05, 0.1) is 38.6 Å². The highest BCUT2D eigenvalue weighted by atomic mass is 16.5. The molecule has 0 bridgehead atoms. The van der Waals surface area contributed by atoms with Crippen LogP contribution in [0.25, 0.3) is 5.70 Å². The zero-order chi connectivity index (χ0) is 21.8. The molecular formula is C22H22N4O4. The number of hydrogen-bond acceptors (Lipinski definition) is 5. The lowest BCUT2D eigenvalue weighted by molar-refractivity contribution is 0.0997. The number of urea groups is 1. The molecule has 1 aliphatic rings. The maximum absolute atomic E-state index is 12.9. The van der Waals surface area contributed by atoms with Crippen molar-refractivity contribution in [3.05, 3.63) is 47.9 Å². The van der Waals surface area contributed by atoms with Crippen LogP contribution in [0.2, 0.25) is 0 Å². The standard InChI is InChI=1S/C22H22N4O4/c1-5-11-25-15(2)20-21(26(22(25)29)13-17(28)14-27)23-19(24(20)3)10-9-16-7-6-8-18(12-16)30-4/h1,6-8,12,17,27-28H,2,11,13-14H2,3-4H3. The van der Waals surface area contributed by atoms with Gasteiger partial charge in [-0.05, 0) is 24.1 Å². The Morgan fingerprint density at radius 2 is 2.10 bits per heavy atom. The van der Waals surface area contributed by atoms with Gasteiger partial charge in [0.15, 0.2) is 11.6 Å². The van der Waals surface area contributed by atoms with Gasteiger partial charge in [0.1, 0.15) is 11.4 Å². The number of ether oxygens (including phenoxy) is 1. The third-order valence-electron chi connectivity index (χ3n) is 4.64. The van der Waals surface area contributed by atoms with Crippen LogP contribution in [-0.4, -0.2) is 63.6 Å². The van der Waals surface area contributed by atoms with Gasteiger partial charge in [-0.3, -0.25) is 9.80 Å². The molecule has 1 aromatic carbocycles. The molecule has 3 rings (SSSR count). The minimum absolute atomic E-state index is 0.0127. The second kappa shape index (κ2) is 8.75. The Morgan fingerprint density at radius 1 is 1.33 bits per heavy atom. The Bertz CT molecular complexity index is 1090. The molecule has 8 nitrogen and oxygen atoms in total. The first-order valence-corrected chi connectivity index (χ1v) is 9.14. The zero-order valence-corrected chi connectivity index (χ0v) is 16.8. The first-order chi connectivity index (χ1) is 14.4. The molecule has 2 aromatic rings. The topological polar surface area (TPSA) is 91.1 Å². The van der Waals surface area contributed by atoms with Crippen LogP contribution in [0.3, 0.4) is 0 Å². The molecule has 0 saturated heterocycles. The monoisotopic (exact) mass is 406 g/mol. The summed E-state index contributed by atoms with van der Waals surface area (Å²) in [6, 6.07) is 6.84. The number of anilines is 1. The third-order valence-corrected chi connectivity index (χ3v) is 4.64. The van der Waals surface area contributed by atoms with Gasteiger partial charge in [-0.2, -0.15) is 0 Å². The summed E-state index contributed by atoms with van der Waals surface area (Å²) in [5, 5.41) is 19.1. The van der Waals surface area contributed by atoms with Crippen LogP contribution in [0, 0.1) is 24.2 Å². The summed E-state index contributed by atoms with van der Waals surface area (Å²) in [5.74, 6) is 9.88. The normalized spacial score (nSPS) is 14.0. The molecular weight excluding hydrogens is 384 g/mol. The third kappa shape index (κ3) is 3.87. The summed E-state index contributed by atoms with van der Waals surface area (Å²) in [6.45, 7) is 3.38. The van der Waals surface area contributed by atoms with Crippen molar-refractivity contribution in [1.29, 1.82) is 0 Å². The van der Waals surface area contributed by atoms with E-state index in [1.54, 1.807) is 24.8 Å². The molecule has 1 unspecified atom stereocenters. The minimum Gasteiger partial charge on any atom is -0.497 e. The van der Waals surface area contributed by atoms with E-state index in [1.165, 1.54) is 9.80 Å². The van der Waals surface area contributed by atoms with Crippen molar-refractivity contribution < 1.29 is 19.7 Å². The number of terminal acetylenes is 1. The molecule has 30 heavy (non-hydrogen) atoms. The number of amides is 2. The van der Waals surface area contributed by atoms with Crippen LogP contribution in [0.4, 0.5) is 10.6 Å². The van der Waals surface area contributed by atoms with Crippen molar-refractivity contribution in [3.8, 4) is 29.9 Å². The Balaban J connectivity index is 2.06. The van der Waals surface area contributed by atoms with E-state index < -0.39 is 18.7 Å². The molecule has 1 atom stereocenters. The molecule has 0 radical (unpaired) electrons. The van der Waals surface area contributed by atoms with E-state index >= 15 is 0 Å². The van der Waals surface area contributed by atoms with Crippen LogP contribution in [0.15, 0.2) is 30.8 Å². The van der Waals surface area contributed by atoms with Gasteiger partial charge < -0.3 is 19.5 Å². The maximum Gasteiger partial charge on any atom is 0.331 e. The summed E-state index contributed by atoms with van der Waals surface area (Å²) in [5.41, 5.74) is 1.70. The highest BCUT2D eigenvalue weighted by molar-refractivity contribution is 6.03. The first-order valence-electron chi connectivity index (χ1n) is 9.14. The largest absolute Gasteiger partial charge is 0.497 e. The van der Waals surface area contributed by atoms with Crippen molar-refractivity contribution in [2.75, 3.05) is 31.7 Å². The van der Waals surface area contributed by atoms with Gasteiger partial charge in [0.2, 0.25) is 0 Å². The number of fused-ring (bicyclic) bond motifs is 1. The van der Waals surface area contributed by atoms with E-state index in [1.807, 2.05) is 18.2 Å². The number of aromatic nitrogens is 2. The molecule has 154 valence electrons. The molecule has 8 heteroatoms. The number of aliphatic hydroxyl groups excluding tert-OH is 2. The molecule has 0 fully saturated rings. The van der Waals surface area contributed by atoms with Crippen molar-refractivity contribution in [3.63, 3.8) is 0 Å². The zero-order valence-electron chi connectivity index (χ0n) is 16.8. The fraction of sp³-hybridized carbons (Fsp3) is 0.273. The fourth-order valence-corrected chi connectivity index (χ4v) is 3.10. The summed E-state index contributed by atoms with van der Waals surface area (Å²) in [4.78, 5) is 20.0. The number of aliphatic hydroxyl groups is 2. The van der Waals surface area contributed by atoms with Crippen molar-refractivity contribution >= 4 is 17.5 Å². The van der Waals surface area contributed by atoms with Crippen LogP contribution < -0.4 is 9.64 Å². The van der Waals surface area contributed by atoms with E-state index in [4.69, 9.17) is 11.2 Å². The number of hydrogen-bond donors (Lipinski definition) is 2. The number of nitrogens with zero attached hydrogens (tertiary/aromatic N) is 4. The van der Waals surface area contributed by atoms with Gasteiger partial charge in [-0.15, -0.1) is 6.42 Å². The van der Waals surface area contributed by atoms with Gasteiger partial charge in [0, 0.05) is 12.6 Å². The summed E-state index contributed by atoms with van der Waals surface area (Å²) >= 11 is 0. The number of rotatable bonds is 5. The highest BCUT2D eigenvalue weighted by Gasteiger charge is 2.37. The van der Waals surface area contributed by atoms with Gasteiger partial charge >= 0.3 is 6.03 Å². The van der Waals surface area contributed by atoms with Gasteiger partial charge in [-0.25, -0.2) is 9.78 Å². The number of imidazole rings is 1. The molecule has 1 aliphatic heterocycles. The molecule has 0 aliphatic carbocycles. The smallest absolute Gasteiger partial charge is 0.331 e. The number of carbonyl (C=O) groups excluding carboxylic acids is 1. The van der Waals surface area contributed by atoms with E-state index in [-0.39, 0.29) is 13.1 Å².